The Hall–Kier alpha value is -4.10. The molecule has 2 aromatic heterocycles. The second-order valence-electron chi connectivity index (χ2n) is 7.58. The van der Waals surface area contributed by atoms with Gasteiger partial charge in [0, 0.05) is 5.69 Å². The van der Waals surface area contributed by atoms with E-state index in [1.165, 1.54) is 16.7 Å². The second kappa shape index (κ2) is 9.80. The van der Waals surface area contributed by atoms with Crippen LogP contribution < -0.4 is 11.0 Å². The van der Waals surface area contributed by atoms with E-state index >= 15 is 0 Å². The summed E-state index contributed by atoms with van der Waals surface area (Å²) in [5, 5.41) is 19.3. The Kier molecular flexibility index (Phi) is 6.65. The molecule has 0 aliphatic carbocycles. The molecule has 0 aliphatic rings. The van der Waals surface area contributed by atoms with Gasteiger partial charge >= 0.3 is 5.69 Å². The van der Waals surface area contributed by atoms with Crippen molar-refractivity contribution in [3.63, 3.8) is 0 Å². The maximum Gasteiger partial charge on any atom is 0.344 e. The van der Waals surface area contributed by atoms with Gasteiger partial charge in [0.1, 0.15) is 17.7 Å². The first-order chi connectivity index (χ1) is 16.4. The number of nitrogens with one attached hydrogen (secondary N) is 2. The lowest BCUT2D eigenvalue weighted by Crippen LogP contribution is -2.20. The average molecular weight is 477 g/mol. The van der Waals surface area contributed by atoms with Crippen molar-refractivity contribution in [3.8, 4) is 11.8 Å². The zero-order chi connectivity index (χ0) is 24.2. The van der Waals surface area contributed by atoms with Crippen LogP contribution in [0, 0.1) is 31.0 Å². The number of amides is 1. The quantitative estimate of drug-likeness (QED) is 0.395. The number of benzene rings is 2. The molecule has 2 N–H and O–H groups in total. The van der Waals surface area contributed by atoms with Gasteiger partial charge in [-0.1, -0.05) is 48.2 Å². The molecule has 1 amide bonds. The van der Waals surface area contributed by atoms with Crippen LogP contribution in [0.4, 0.5) is 10.2 Å². The number of carbonyl (C=O) groups excluding carboxylic acids is 1. The molecule has 0 aliphatic heterocycles. The van der Waals surface area contributed by atoms with Gasteiger partial charge < -0.3 is 5.32 Å². The third-order valence-corrected chi connectivity index (χ3v) is 6.37. The number of nitrogens with zero attached hydrogens (tertiary/aromatic N) is 4. The molecule has 0 fully saturated rings. The van der Waals surface area contributed by atoms with Gasteiger partial charge in [0.05, 0.1) is 23.5 Å². The summed E-state index contributed by atoms with van der Waals surface area (Å²) < 4.78 is 17.0. The lowest BCUT2D eigenvalue weighted by molar-refractivity contribution is -0.113. The molecule has 10 heteroatoms. The van der Waals surface area contributed by atoms with Gasteiger partial charge in [-0.2, -0.15) is 5.26 Å². The van der Waals surface area contributed by atoms with E-state index in [-0.39, 0.29) is 17.3 Å². The summed E-state index contributed by atoms with van der Waals surface area (Å²) in [4.78, 5) is 25.0. The average Bonchev–Trinajstić information content (AvgIpc) is 3.29. The normalized spacial score (nSPS) is 10.8. The van der Waals surface area contributed by atoms with Gasteiger partial charge in [0.15, 0.2) is 5.16 Å². The molecule has 2 heterocycles. The molecule has 8 nitrogen and oxygen atoms in total. The van der Waals surface area contributed by atoms with Crippen LogP contribution in [-0.4, -0.2) is 31.0 Å². The number of carbonyl (C=O) groups is 1. The monoisotopic (exact) mass is 476 g/mol. The maximum atomic E-state index is 13.9. The smallest absolute Gasteiger partial charge is 0.310 e. The fourth-order valence-electron chi connectivity index (χ4n) is 3.62. The third kappa shape index (κ3) is 4.65. The second-order valence-corrected chi connectivity index (χ2v) is 8.52. The molecule has 0 saturated heterocycles. The van der Waals surface area contributed by atoms with Crippen molar-refractivity contribution in [2.45, 2.75) is 25.5 Å². The summed E-state index contributed by atoms with van der Waals surface area (Å²) in [6.45, 7) is 3.90. The summed E-state index contributed by atoms with van der Waals surface area (Å²) in [6, 6.07) is 17.5. The first-order valence-corrected chi connectivity index (χ1v) is 11.4. The van der Waals surface area contributed by atoms with E-state index in [2.05, 4.69) is 21.6 Å². The number of thioether (sulfide) groups is 1. The van der Waals surface area contributed by atoms with Gasteiger partial charge in [-0.3, -0.25) is 13.9 Å². The van der Waals surface area contributed by atoms with Gasteiger partial charge in [-0.05, 0) is 43.2 Å². The highest BCUT2D eigenvalue weighted by atomic mass is 32.2. The predicted molar refractivity (Wildman–Crippen MR) is 128 cm³/mol. The topological polar surface area (TPSA) is 108 Å². The molecule has 34 heavy (non-hydrogen) atoms. The molecule has 0 radical (unpaired) electrons. The van der Waals surface area contributed by atoms with Crippen molar-refractivity contribution < 1.29 is 9.18 Å². The van der Waals surface area contributed by atoms with Gasteiger partial charge in [0.2, 0.25) is 5.91 Å². The standard InChI is InChI=1S/C24H21FN6O2S/c1-15-16(2)31(19-10-6-9-18(25)11-19)22(20(15)12-26)27-21(32)14-34-24-29-28-23(33)30(24)13-17-7-4-3-5-8-17/h3-11H,13-14H2,1-2H3,(H,27,32)(H,28,33). The Labute approximate surface area is 199 Å². The summed E-state index contributed by atoms with van der Waals surface area (Å²) >= 11 is 1.10. The van der Waals surface area contributed by atoms with E-state index in [0.29, 0.717) is 34.2 Å². The molecular weight excluding hydrogens is 455 g/mol. The van der Waals surface area contributed by atoms with E-state index in [4.69, 9.17) is 0 Å². The van der Waals surface area contributed by atoms with Crippen molar-refractivity contribution in [1.29, 1.82) is 5.26 Å². The molecule has 0 atom stereocenters. The fraction of sp³-hybridized carbons (Fsp3) is 0.167. The van der Waals surface area contributed by atoms with Crippen molar-refractivity contribution in [1.82, 2.24) is 19.3 Å². The van der Waals surface area contributed by atoms with Gasteiger partial charge in [-0.25, -0.2) is 14.3 Å². The number of H-pyrrole nitrogens is 1. The molecule has 4 aromatic rings. The number of aromatic amines is 1. The zero-order valence-corrected chi connectivity index (χ0v) is 19.3. The molecular formula is C24H21FN6O2S. The van der Waals surface area contributed by atoms with E-state index in [1.807, 2.05) is 30.3 Å². The molecule has 0 unspecified atom stereocenters. The van der Waals surface area contributed by atoms with Crippen molar-refractivity contribution in [2.75, 3.05) is 11.1 Å². The molecule has 0 spiro atoms. The van der Waals surface area contributed by atoms with Crippen LogP contribution in [0.3, 0.4) is 0 Å². The predicted octanol–water partition coefficient (Wildman–Crippen LogP) is 3.77. The fourth-order valence-corrected chi connectivity index (χ4v) is 4.36. The number of aromatic nitrogens is 4. The van der Waals surface area contributed by atoms with Gasteiger partial charge in [-0.15, -0.1) is 5.10 Å². The molecule has 0 saturated carbocycles. The first kappa shape index (κ1) is 23.1. The van der Waals surface area contributed by atoms with Crippen molar-refractivity contribution in [2.24, 2.45) is 0 Å². The SMILES string of the molecule is Cc1c(C#N)c(NC(=O)CSc2n[nH]c(=O)n2Cc2ccccc2)n(-c2cccc(F)c2)c1C. The Balaban J connectivity index is 1.56. The lowest BCUT2D eigenvalue weighted by Gasteiger charge is -2.13. The molecule has 172 valence electrons. The largest absolute Gasteiger partial charge is 0.344 e. The first-order valence-electron chi connectivity index (χ1n) is 10.4. The summed E-state index contributed by atoms with van der Waals surface area (Å²) in [5.74, 6) is -0.587. The maximum absolute atomic E-state index is 13.9. The molecule has 0 bridgehead atoms. The Morgan fingerprint density at radius 2 is 1.97 bits per heavy atom. The highest BCUT2D eigenvalue weighted by Crippen LogP contribution is 2.30. The van der Waals surface area contributed by atoms with Crippen LogP contribution in [0.2, 0.25) is 0 Å². The van der Waals surface area contributed by atoms with Crippen molar-refractivity contribution in [3.05, 3.63) is 93.3 Å². The Morgan fingerprint density at radius 1 is 1.21 bits per heavy atom. The van der Waals surface area contributed by atoms with E-state index in [0.717, 1.165) is 17.3 Å². The van der Waals surface area contributed by atoms with Crippen LogP contribution in [0.5, 0.6) is 0 Å². The minimum atomic E-state index is -0.426. The lowest BCUT2D eigenvalue weighted by atomic mass is 10.2. The van der Waals surface area contributed by atoms with E-state index < -0.39 is 11.7 Å². The van der Waals surface area contributed by atoms with Crippen molar-refractivity contribution >= 4 is 23.5 Å². The summed E-state index contributed by atoms with van der Waals surface area (Å²) in [5.41, 5.74) is 2.77. The Bertz CT molecular complexity index is 1450. The van der Waals surface area contributed by atoms with E-state index in [1.54, 1.807) is 30.5 Å². The van der Waals surface area contributed by atoms with Gasteiger partial charge in [0.25, 0.3) is 0 Å². The highest BCUT2D eigenvalue weighted by molar-refractivity contribution is 7.99. The number of rotatable bonds is 7. The number of hydrogen-bond acceptors (Lipinski definition) is 5. The van der Waals surface area contributed by atoms with Crippen LogP contribution in [-0.2, 0) is 11.3 Å². The minimum absolute atomic E-state index is 0.0453. The Morgan fingerprint density at radius 3 is 2.68 bits per heavy atom. The number of anilines is 1. The zero-order valence-electron chi connectivity index (χ0n) is 18.5. The third-order valence-electron chi connectivity index (χ3n) is 5.39. The summed E-state index contributed by atoms with van der Waals surface area (Å²) in [7, 11) is 0. The number of halogens is 1. The minimum Gasteiger partial charge on any atom is -0.310 e. The summed E-state index contributed by atoms with van der Waals surface area (Å²) in [6.07, 6.45) is 0. The molecule has 4 rings (SSSR count). The van der Waals surface area contributed by atoms with Crippen LogP contribution in [0.25, 0.3) is 5.69 Å². The van der Waals surface area contributed by atoms with Crippen LogP contribution in [0.15, 0.2) is 64.5 Å². The number of hydrogen-bond donors (Lipinski definition) is 2. The molecule has 2 aromatic carbocycles. The number of nitriles is 1. The highest BCUT2D eigenvalue weighted by Gasteiger charge is 2.21. The van der Waals surface area contributed by atoms with Crippen LogP contribution in [0.1, 0.15) is 22.4 Å². The van der Waals surface area contributed by atoms with Crippen LogP contribution >= 0.6 is 11.8 Å². The van der Waals surface area contributed by atoms with E-state index in [9.17, 15) is 19.2 Å².